The molecule has 0 spiro atoms. The molecule has 0 aromatic rings. The van der Waals surface area contributed by atoms with Crippen LogP contribution < -0.4 is 0 Å². The van der Waals surface area contributed by atoms with Gasteiger partial charge in [-0.25, -0.2) is 0 Å². The summed E-state index contributed by atoms with van der Waals surface area (Å²) in [5, 5.41) is 0. The maximum Gasteiger partial charge on any atom is 0.233 e. The van der Waals surface area contributed by atoms with Crippen LogP contribution >= 0.6 is 24.0 Å². The molecule has 0 aromatic carbocycles. The predicted molar refractivity (Wildman–Crippen MR) is 92.6 cm³/mol. The van der Waals surface area contributed by atoms with Crippen LogP contribution in [-0.4, -0.2) is 51.5 Å². The largest absolute Gasteiger partial charge is 0.358 e. The number of hydrogen-bond acceptors (Lipinski definition) is 3. The van der Waals surface area contributed by atoms with Gasteiger partial charge in [0.05, 0.1) is 5.75 Å². The standard InChI is InChI=1S/C16H26N2OS2/c19-15(12-21-16(20)17-9-3-4-10-17)18-11-5-7-13-6-1-2-8-14(13)18/h13-14H,1-12H2/t13-,14+/m0/s1. The first-order valence-corrected chi connectivity index (χ1v) is 9.86. The molecule has 1 amide bonds. The lowest BCUT2D eigenvalue weighted by molar-refractivity contribution is -0.134. The molecule has 3 aliphatic rings. The number of likely N-dealkylation sites (tertiary alicyclic amines) is 2. The van der Waals surface area contributed by atoms with Crippen LogP contribution in [0.25, 0.3) is 0 Å². The van der Waals surface area contributed by atoms with E-state index in [2.05, 4.69) is 9.80 Å². The fourth-order valence-corrected chi connectivity index (χ4v) is 5.27. The second kappa shape index (κ2) is 7.32. The van der Waals surface area contributed by atoms with Crippen molar-refractivity contribution in [3.05, 3.63) is 0 Å². The molecule has 3 fully saturated rings. The minimum Gasteiger partial charge on any atom is -0.358 e. The first-order valence-electron chi connectivity index (χ1n) is 8.47. The number of thiocarbonyl (C=S) groups is 1. The summed E-state index contributed by atoms with van der Waals surface area (Å²) < 4.78 is 0.929. The zero-order valence-corrected chi connectivity index (χ0v) is 14.4. The molecular weight excluding hydrogens is 300 g/mol. The Morgan fingerprint density at radius 1 is 1.00 bits per heavy atom. The van der Waals surface area contributed by atoms with Gasteiger partial charge in [0.15, 0.2) is 0 Å². The normalized spacial score (nSPS) is 29.3. The van der Waals surface area contributed by atoms with E-state index in [4.69, 9.17) is 12.2 Å². The molecule has 0 radical (unpaired) electrons. The third kappa shape index (κ3) is 3.73. The van der Waals surface area contributed by atoms with Gasteiger partial charge in [0.2, 0.25) is 5.91 Å². The molecule has 2 aliphatic heterocycles. The van der Waals surface area contributed by atoms with Crippen molar-refractivity contribution in [3.63, 3.8) is 0 Å². The molecule has 1 aliphatic carbocycles. The molecule has 3 nitrogen and oxygen atoms in total. The van der Waals surface area contributed by atoms with E-state index in [1.165, 1.54) is 51.4 Å². The lowest BCUT2D eigenvalue weighted by atomic mass is 9.78. The van der Waals surface area contributed by atoms with Crippen LogP contribution in [0.2, 0.25) is 0 Å². The van der Waals surface area contributed by atoms with Gasteiger partial charge >= 0.3 is 0 Å². The summed E-state index contributed by atoms with van der Waals surface area (Å²) >= 11 is 7.05. The Bertz CT molecular complexity index is 394. The van der Waals surface area contributed by atoms with Gasteiger partial charge in [0.1, 0.15) is 4.32 Å². The molecule has 118 valence electrons. The van der Waals surface area contributed by atoms with Gasteiger partial charge in [0, 0.05) is 25.7 Å². The number of carbonyl (C=O) groups excluding carboxylic acids is 1. The van der Waals surface area contributed by atoms with Crippen molar-refractivity contribution in [2.45, 2.75) is 57.4 Å². The van der Waals surface area contributed by atoms with Crippen molar-refractivity contribution in [2.24, 2.45) is 5.92 Å². The lowest BCUT2D eigenvalue weighted by Gasteiger charge is -2.44. The van der Waals surface area contributed by atoms with Crippen molar-refractivity contribution < 1.29 is 4.79 Å². The summed E-state index contributed by atoms with van der Waals surface area (Å²) in [7, 11) is 0. The van der Waals surface area contributed by atoms with E-state index in [1.54, 1.807) is 11.8 Å². The zero-order chi connectivity index (χ0) is 14.7. The number of nitrogens with zero attached hydrogens (tertiary/aromatic N) is 2. The Kier molecular flexibility index (Phi) is 5.43. The van der Waals surface area contributed by atoms with Crippen molar-refractivity contribution in [2.75, 3.05) is 25.4 Å². The van der Waals surface area contributed by atoms with E-state index in [1.807, 2.05) is 0 Å². The van der Waals surface area contributed by atoms with E-state index >= 15 is 0 Å². The molecule has 1 saturated carbocycles. The smallest absolute Gasteiger partial charge is 0.233 e. The molecule has 0 unspecified atom stereocenters. The summed E-state index contributed by atoms with van der Waals surface area (Å²) in [5.41, 5.74) is 0. The Morgan fingerprint density at radius 2 is 1.71 bits per heavy atom. The number of piperidine rings is 1. The van der Waals surface area contributed by atoms with Gasteiger partial charge in [-0.3, -0.25) is 4.79 Å². The number of fused-ring (bicyclic) bond motifs is 1. The average molecular weight is 327 g/mol. The minimum atomic E-state index is 0.318. The number of carbonyl (C=O) groups is 1. The van der Waals surface area contributed by atoms with E-state index in [0.29, 0.717) is 17.7 Å². The van der Waals surface area contributed by atoms with E-state index in [-0.39, 0.29) is 0 Å². The van der Waals surface area contributed by atoms with Crippen LogP contribution in [-0.2, 0) is 4.79 Å². The molecule has 0 bridgehead atoms. The molecule has 2 heterocycles. The highest BCUT2D eigenvalue weighted by atomic mass is 32.2. The fourth-order valence-electron chi connectivity index (χ4n) is 4.13. The van der Waals surface area contributed by atoms with Crippen LogP contribution in [0, 0.1) is 5.92 Å². The topological polar surface area (TPSA) is 23.6 Å². The van der Waals surface area contributed by atoms with Gasteiger partial charge < -0.3 is 9.80 Å². The quantitative estimate of drug-likeness (QED) is 0.727. The Morgan fingerprint density at radius 3 is 2.52 bits per heavy atom. The highest BCUT2D eigenvalue weighted by Gasteiger charge is 2.35. The van der Waals surface area contributed by atoms with Crippen LogP contribution in [0.5, 0.6) is 0 Å². The highest BCUT2D eigenvalue weighted by molar-refractivity contribution is 8.23. The van der Waals surface area contributed by atoms with E-state index in [0.717, 1.165) is 29.9 Å². The average Bonchev–Trinajstić information content (AvgIpc) is 3.06. The summed E-state index contributed by atoms with van der Waals surface area (Å²) in [4.78, 5) is 17.0. The maximum atomic E-state index is 12.6. The van der Waals surface area contributed by atoms with Crippen molar-refractivity contribution >= 4 is 34.2 Å². The molecule has 2 atom stereocenters. The van der Waals surface area contributed by atoms with Crippen LogP contribution in [0.3, 0.4) is 0 Å². The Hall–Kier alpha value is -0.290. The monoisotopic (exact) mass is 326 g/mol. The second-order valence-corrected chi connectivity index (χ2v) is 8.20. The first-order chi connectivity index (χ1) is 10.3. The molecule has 0 N–H and O–H groups in total. The number of rotatable bonds is 2. The van der Waals surface area contributed by atoms with Crippen molar-refractivity contribution in [1.29, 1.82) is 0 Å². The van der Waals surface area contributed by atoms with Gasteiger partial charge in [-0.15, -0.1) is 0 Å². The molecule has 2 saturated heterocycles. The first kappa shape index (κ1) is 15.6. The Labute approximate surface area is 137 Å². The third-order valence-corrected chi connectivity index (χ3v) is 6.76. The Balaban J connectivity index is 1.50. The molecular formula is C16H26N2OS2. The number of thioether (sulfide) groups is 1. The van der Waals surface area contributed by atoms with E-state index < -0.39 is 0 Å². The second-order valence-electron chi connectivity index (χ2n) is 6.59. The third-order valence-electron chi connectivity index (χ3n) is 5.25. The summed E-state index contributed by atoms with van der Waals surface area (Å²) in [5.74, 6) is 1.63. The van der Waals surface area contributed by atoms with Crippen molar-refractivity contribution in [1.82, 2.24) is 9.80 Å². The van der Waals surface area contributed by atoms with Gasteiger partial charge in [-0.05, 0) is 44.4 Å². The fraction of sp³-hybridized carbons (Fsp3) is 0.875. The number of amides is 1. The molecule has 21 heavy (non-hydrogen) atoms. The van der Waals surface area contributed by atoms with Crippen LogP contribution in [0.4, 0.5) is 0 Å². The summed E-state index contributed by atoms with van der Waals surface area (Å²) in [6.07, 6.45) is 10.2. The van der Waals surface area contributed by atoms with Gasteiger partial charge in [-0.2, -0.15) is 0 Å². The number of hydrogen-bond donors (Lipinski definition) is 0. The SMILES string of the molecule is O=C(CSC(=S)N1CCCC1)N1CCC[C@@H]2CCCC[C@H]21. The zero-order valence-electron chi connectivity index (χ0n) is 12.8. The highest BCUT2D eigenvalue weighted by Crippen LogP contribution is 2.35. The molecule has 5 heteroatoms. The lowest BCUT2D eigenvalue weighted by Crippen LogP contribution is -2.50. The van der Waals surface area contributed by atoms with E-state index in [9.17, 15) is 4.79 Å². The van der Waals surface area contributed by atoms with Gasteiger partial charge in [-0.1, -0.05) is 36.8 Å². The van der Waals surface area contributed by atoms with Gasteiger partial charge in [0.25, 0.3) is 0 Å². The van der Waals surface area contributed by atoms with Crippen LogP contribution in [0.1, 0.15) is 51.4 Å². The maximum absolute atomic E-state index is 12.6. The summed E-state index contributed by atoms with van der Waals surface area (Å²) in [6, 6.07) is 0.529. The summed E-state index contributed by atoms with van der Waals surface area (Å²) in [6.45, 7) is 3.12. The molecule has 3 rings (SSSR count). The minimum absolute atomic E-state index is 0.318. The van der Waals surface area contributed by atoms with Crippen molar-refractivity contribution in [3.8, 4) is 0 Å². The predicted octanol–water partition coefficient (Wildman–Crippen LogP) is 3.28. The van der Waals surface area contributed by atoms with Crippen LogP contribution in [0.15, 0.2) is 0 Å². The molecule has 0 aromatic heterocycles.